The lowest BCUT2D eigenvalue weighted by Crippen LogP contribution is -2.37. The van der Waals surface area contributed by atoms with E-state index in [1.54, 1.807) is 12.3 Å². The fourth-order valence-corrected chi connectivity index (χ4v) is 2.64. The van der Waals surface area contributed by atoms with Crippen molar-refractivity contribution in [3.63, 3.8) is 0 Å². The van der Waals surface area contributed by atoms with Crippen molar-refractivity contribution in [1.29, 1.82) is 0 Å². The Bertz CT molecular complexity index is 535. The van der Waals surface area contributed by atoms with Crippen molar-refractivity contribution in [3.05, 3.63) is 59.7 Å². The van der Waals surface area contributed by atoms with Crippen LogP contribution in [-0.4, -0.2) is 15.1 Å². The minimum atomic E-state index is -0.0353. The van der Waals surface area contributed by atoms with Crippen LogP contribution < -0.4 is 0 Å². The van der Waals surface area contributed by atoms with Crippen molar-refractivity contribution in [2.24, 2.45) is 0 Å². The van der Waals surface area contributed by atoms with E-state index in [0.29, 0.717) is 5.69 Å². The van der Waals surface area contributed by atoms with Crippen LogP contribution in [0.1, 0.15) is 36.3 Å². The SMILES string of the molecule is OCc1ccnc(C2(c3ccccc3)CCC2)n1. The lowest BCUT2D eigenvalue weighted by Gasteiger charge is -2.41. The van der Waals surface area contributed by atoms with E-state index in [9.17, 15) is 5.11 Å². The highest BCUT2D eigenvalue weighted by molar-refractivity contribution is 5.35. The fourth-order valence-electron chi connectivity index (χ4n) is 2.64. The molecule has 0 spiro atoms. The van der Waals surface area contributed by atoms with Crippen LogP contribution in [-0.2, 0) is 12.0 Å². The van der Waals surface area contributed by atoms with Gasteiger partial charge in [0.05, 0.1) is 17.7 Å². The molecular formula is C15H16N2O. The third-order valence-electron chi connectivity index (χ3n) is 3.84. The van der Waals surface area contributed by atoms with Crippen LogP contribution in [0.15, 0.2) is 42.6 Å². The van der Waals surface area contributed by atoms with E-state index in [0.717, 1.165) is 18.7 Å². The van der Waals surface area contributed by atoms with Gasteiger partial charge in [-0.2, -0.15) is 0 Å². The molecule has 1 fully saturated rings. The lowest BCUT2D eigenvalue weighted by atomic mass is 9.64. The molecule has 1 heterocycles. The maximum atomic E-state index is 9.20. The standard InChI is InChI=1S/C15H16N2O/c18-11-13-7-10-16-14(17-13)15(8-4-9-15)12-5-2-1-3-6-12/h1-3,5-7,10,18H,4,8-9,11H2. The molecule has 0 atom stereocenters. The first kappa shape index (κ1) is 11.4. The summed E-state index contributed by atoms with van der Waals surface area (Å²) < 4.78 is 0. The van der Waals surface area contributed by atoms with Crippen molar-refractivity contribution >= 4 is 0 Å². The number of aromatic nitrogens is 2. The average molecular weight is 240 g/mol. The molecule has 0 bridgehead atoms. The Labute approximate surface area is 107 Å². The molecule has 1 saturated carbocycles. The third-order valence-corrected chi connectivity index (χ3v) is 3.84. The fraction of sp³-hybridized carbons (Fsp3) is 0.333. The highest BCUT2D eigenvalue weighted by atomic mass is 16.3. The van der Waals surface area contributed by atoms with E-state index >= 15 is 0 Å². The molecule has 1 aromatic heterocycles. The zero-order valence-electron chi connectivity index (χ0n) is 10.2. The second-order valence-corrected chi connectivity index (χ2v) is 4.83. The smallest absolute Gasteiger partial charge is 0.139 e. The maximum Gasteiger partial charge on any atom is 0.139 e. The van der Waals surface area contributed by atoms with Gasteiger partial charge in [0.15, 0.2) is 0 Å². The van der Waals surface area contributed by atoms with Gasteiger partial charge in [0.25, 0.3) is 0 Å². The Hall–Kier alpha value is -1.74. The number of hydrogen-bond donors (Lipinski definition) is 1. The van der Waals surface area contributed by atoms with Crippen molar-refractivity contribution in [2.75, 3.05) is 0 Å². The van der Waals surface area contributed by atoms with Gasteiger partial charge in [0, 0.05) is 6.20 Å². The van der Waals surface area contributed by atoms with Gasteiger partial charge in [-0.15, -0.1) is 0 Å². The van der Waals surface area contributed by atoms with Crippen LogP contribution in [0.2, 0.25) is 0 Å². The van der Waals surface area contributed by atoms with Crippen LogP contribution in [0.25, 0.3) is 0 Å². The molecule has 0 aliphatic heterocycles. The molecule has 3 rings (SSSR count). The van der Waals surface area contributed by atoms with E-state index in [1.165, 1.54) is 12.0 Å². The molecule has 0 saturated heterocycles. The zero-order valence-corrected chi connectivity index (χ0v) is 10.2. The normalized spacial score (nSPS) is 17.2. The molecule has 2 aromatic rings. The first-order valence-electron chi connectivity index (χ1n) is 6.34. The maximum absolute atomic E-state index is 9.20. The number of nitrogens with zero attached hydrogens (tertiary/aromatic N) is 2. The topological polar surface area (TPSA) is 46.0 Å². The van der Waals surface area contributed by atoms with Crippen LogP contribution in [0.5, 0.6) is 0 Å². The number of hydrogen-bond acceptors (Lipinski definition) is 3. The third kappa shape index (κ3) is 1.71. The molecule has 92 valence electrons. The molecule has 3 heteroatoms. The van der Waals surface area contributed by atoms with Gasteiger partial charge in [-0.25, -0.2) is 9.97 Å². The Balaban J connectivity index is 2.06. The summed E-state index contributed by atoms with van der Waals surface area (Å²) in [4.78, 5) is 8.94. The minimum absolute atomic E-state index is 0.0274. The van der Waals surface area contributed by atoms with Gasteiger partial charge in [0.2, 0.25) is 0 Å². The van der Waals surface area contributed by atoms with Crippen molar-refractivity contribution in [3.8, 4) is 0 Å². The second-order valence-electron chi connectivity index (χ2n) is 4.83. The van der Waals surface area contributed by atoms with Crippen molar-refractivity contribution < 1.29 is 5.11 Å². The summed E-state index contributed by atoms with van der Waals surface area (Å²) >= 11 is 0. The molecule has 3 nitrogen and oxygen atoms in total. The van der Waals surface area contributed by atoms with Crippen LogP contribution >= 0.6 is 0 Å². The lowest BCUT2D eigenvalue weighted by molar-refractivity contribution is 0.265. The van der Waals surface area contributed by atoms with Gasteiger partial charge >= 0.3 is 0 Å². The van der Waals surface area contributed by atoms with Crippen LogP contribution in [0.4, 0.5) is 0 Å². The summed E-state index contributed by atoms with van der Waals surface area (Å²) in [5.41, 5.74) is 1.94. The number of aliphatic hydroxyl groups excluding tert-OH is 1. The Morgan fingerprint density at radius 3 is 2.50 bits per heavy atom. The first-order valence-corrected chi connectivity index (χ1v) is 6.34. The number of benzene rings is 1. The molecule has 0 unspecified atom stereocenters. The molecule has 1 aromatic carbocycles. The van der Waals surface area contributed by atoms with Crippen LogP contribution in [0.3, 0.4) is 0 Å². The molecule has 0 radical (unpaired) electrons. The summed E-state index contributed by atoms with van der Waals surface area (Å²) in [7, 11) is 0. The summed E-state index contributed by atoms with van der Waals surface area (Å²) in [6, 6.07) is 12.2. The summed E-state index contributed by atoms with van der Waals surface area (Å²) in [5.74, 6) is 0.853. The zero-order chi connectivity index (χ0) is 12.4. The second kappa shape index (κ2) is 4.50. The number of rotatable bonds is 3. The van der Waals surface area contributed by atoms with Gasteiger partial charge < -0.3 is 5.11 Å². The van der Waals surface area contributed by atoms with Crippen molar-refractivity contribution in [1.82, 2.24) is 9.97 Å². The average Bonchev–Trinajstić information content (AvgIpc) is 2.39. The molecule has 1 aliphatic rings. The van der Waals surface area contributed by atoms with E-state index < -0.39 is 0 Å². The van der Waals surface area contributed by atoms with Crippen molar-refractivity contribution in [2.45, 2.75) is 31.3 Å². The van der Waals surface area contributed by atoms with E-state index in [4.69, 9.17) is 0 Å². The predicted molar refractivity (Wildman–Crippen MR) is 69.0 cm³/mol. The largest absolute Gasteiger partial charge is 0.390 e. The van der Waals surface area contributed by atoms with E-state index in [-0.39, 0.29) is 12.0 Å². The summed E-state index contributed by atoms with van der Waals surface area (Å²) in [6.07, 6.45) is 5.14. The van der Waals surface area contributed by atoms with Gasteiger partial charge in [0.1, 0.15) is 5.82 Å². The predicted octanol–water partition coefficient (Wildman–Crippen LogP) is 2.44. The summed E-state index contributed by atoms with van der Waals surface area (Å²) in [6.45, 7) is -0.0274. The molecule has 1 aliphatic carbocycles. The molecule has 0 amide bonds. The van der Waals surface area contributed by atoms with Gasteiger partial charge in [-0.05, 0) is 24.5 Å². The highest BCUT2D eigenvalue weighted by Gasteiger charge is 2.42. The minimum Gasteiger partial charge on any atom is -0.390 e. The molecule has 18 heavy (non-hydrogen) atoms. The Kier molecular flexibility index (Phi) is 2.84. The quantitative estimate of drug-likeness (QED) is 0.896. The Morgan fingerprint density at radius 2 is 1.89 bits per heavy atom. The monoisotopic (exact) mass is 240 g/mol. The number of aliphatic hydroxyl groups is 1. The molecular weight excluding hydrogens is 224 g/mol. The highest BCUT2D eigenvalue weighted by Crippen LogP contribution is 2.47. The van der Waals surface area contributed by atoms with Gasteiger partial charge in [-0.3, -0.25) is 0 Å². The van der Waals surface area contributed by atoms with E-state index in [1.807, 2.05) is 6.07 Å². The van der Waals surface area contributed by atoms with Gasteiger partial charge in [-0.1, -0.05) is 36.8 Å². The Morgan fingerprint density at radius 1 is 1.11 bits per heavy atom. The van der Waals surface area contributed by atoms with Crippen LogP contribution in [0, 0.1) is 0 Å². The van der Waals surface area contributed by atoms with E-state index in [2.05, 4.69) is 34.2 Å². The first-order chi connectivity index (χ1) is 8.85. The summed E-state index contributed by atoms with van der Waals surface area (Å²) in [5, 5.41) is 9.20. The molecule has 1 N–H and O–H groups in total.